The van der Waals surface area contributed by atoms with Crippen LogP contribution < -0.4 is 0 Å². The van der Waals surface area contributed by atoms with E-state index < -0.39 is 0 Å². The summed E-state index contributed by atoms with van der Waals surface area (Å²) in [7, 11) is 0. The van der Waals surface area contributed by atoms with Crippen molar-refractivity contribution in [3.63, 3.8) is 0 Å². The Hall–Kier alpha value is 0. The molecule has 4 fully saturated rings. The standard InChI is InChI=1S/C18H30/c1-12-10-17(16-5-3-4-15(12)16)18(2)9-8-13-6-7-14(18)11-13/h12-17H,3-11H2,1-2H3. The molecule has 0 heteroatoms. The SMILES string of the molecule is CC1CC(C2(C)CCC3CCC2C3)C2CCCC12. The van der Waals surface area contributed by atoms with Crippen molar-refractivity contribution in [3.05, 3.63) is 0 Å². The maximum atomic E-state index is 2.71. The van der Waals surface area contributed by atoms with Crippen molar-refractivity contribution in [1.29, 1.82) is 0 Å². The van der Waals surface area contributed by atoms with Gasteiger partial charge in [-0.1, -0.05) is 26.7 Å². The molecule has 0 aromatic heterocycles. The second-order valence-corrected chi connectivity index (χ2v) is 8.50. The van der Waals surface area contributed by atoms with E-state index in [1.54, 1.807) is 57.8 Å². The largest absolute Gasteiger partial charge is 0.0622 e. The molecule has 0 aliphatic heterocycles. The summed E-state index contributed by atoms with van der Waals surface area (Å²) in [5.41, 5.74) is 0.741. The van der Waals surface area contributed by atoms with Crippen LogP contribution in [0.4, 0.5) is 0 Å². The van der Waals surface area contributed by atoms with Gasteiger partial charge in [-0.05, 0) is 85.9 Å². The molecule has 0 radical (unpaired) electrons. The van der Waals surface area contributed by atoms with E-state index in [4.69, 9.17) is 0 Å². The van der Waals surface area contributed by atoms with Gasteiger partial charge in [0.2, 0.25) is 0 Å². The van der Waals surface area contributed by atoms with Crippen LogP contribution >= 0.6 is 0 Å². The Morgan fingerprint density at radius 1 is 0.889 bits per heavy atom. The molecule has 0 nitrogen and oxygen atoms in total. The van der Waals surface area contributed by atoms with Gasteiger partial charge in [0.25, 0.3) is 0 Å². The summed E-state index contributed by atoms with van der Waals surface area (Å²) in [6.45, 7) is 5.27. The number of fused-ring (bicyclic) bond motifs is 3. The van der Waals surface area contributed by atoms with E-state index in [0.29, 0.717) is 0 Å². The van der Waals surface area contributed by atoms with Gasteiger partial charge in [-0.25, -0.2) is 0 Å². The molecule has 4 aliphatic carbocycles. The highest BCUT2D eigenvalue weighted by Gasteiger charge is 2.55. The fourth-order valence-corrected chi connectivity index (χ4v) is 6.88. The van der Waals surface area contributed by atoms with E-state index >= 15 is 0 Å². The van der Waals surface area contributed by atoms with Crippen LogP contribution in [0, 0.1) is 40.9 Å². The first-order valence-electron chi connectivity index (χ1n) is 8.68. The highest BCUT2D eigenvalue weighted by Crippen LogP contribution is 2.64. The molecular weight excluding hydrogens is 216 g/mol. The van der Waals surface area contributed by atoms with E-state index in [-0.39, 0.29) is 0 Å². The van der Waals surface area contributed by atoms with Crippen LogP contribution in [0.3, 0.4) is 0 Å². The minimum absolute atomic E-state index is 0.741. The third-order valence-electron chi connectivity index (χ3n) is 7.91. The molecule has 18 heavy (non-hydrogen) atoms. The Bertz CT molecular complexity index is 333. The Kier molecular flexibility index (Phi) is 2.62. The van der Waals surface area contributed by atoms with Crippen molar-refractivity contribution in [2.45, 2.75) is 71.6 Å². The summed E-state index contributed by atoms with van der Waals surface area (Å²) >= 11 is 0. The van der Waals surface area contributed by atoms with Crippen molar-refractivity contribution in [2.24, 2.45) is 40.9 Å². The maximum Gasteiger partial charge on any atom is -0.0266 e. The monoisotopic (exact) mass is 246 g/mol. The first kappa shape index (κ1) is 11.8. The van der Waals surface area contributed by atoms with Gasteiger partial charge in [0.1, 0.15) is 0 Å². The smallest absolute Gasteiger partial charge is 0.0266 e. The van der Waals surface area contributed by atoms with E-state index in [2.05, 4.69) is 13.8 Å². The molecule has 7 atom stereocenters. The zero-order chi connectivity index (χ0) is 12.3. The maximum absolute atomic E-state index is 2.71. The van der Waals surface area contributed by atoms with Crippen molar-refractivity contribution in [1.82, 2.24) is 0 Å². The van der Waals surface area contributed by atoms with E-state index in [1.807, 2.05) is 0 Å². The fourth-order valence-electron chi connectivity index (χ4n) is 6.88. The molecule has 0 aromatic rings. The zero-order valence-corrected chi connectivity index (χ0v) is 12.3. The molecule has 4 aliphatic rings. The van der Waals surface area contributed by atoms with Gasteiger partial charge in [-0.2, -0.15) is 0 Å². The number of hydrogen-bond acceptors (Lipinski definition) is 0. The van der Waals surface area contributed by atoms with E-state index in [9.17, 15) is 0 Å². The van der Waals surface area contributed by atoms with Gasteiger partial charge < -0.3 is 0 Å². The minimum atomic E-state index is 0.741. The zero-order valence-electron chi connectivity index (χ0n) is 12.3. The van der Waals surface area contributed by atoms with Gasteiger partial charge in [-0.15, -0.1) is 0 Å². The molecule has 0 aromatic carbocycles. The summed E-state index contributed by atoms with van der Waals surface area (Å²) in [6.07, 6.45) is 14.1. The third kappa shape index (κ3) is 1.50. The predicted octanol–water partition coefficient (Wildman–Crippen LogP) is 5.28. The van der Waals surface area contributed by atoms with Gasteiger partial charge in [-0.3, -0.25) is 0 Å². The third-order valence-corrected chi connectivity index (χ3v) is 7.91. The molecule has 0 heterocycles. The molecule has 0 N–H and O–H groups in total. The highest BCUT2D eigenvalue weighted by atomic mass is 14.6. The second-order valence-electron chi connectivity index (χ2n) is 8.50. The summed E-state index contributed by atoms with van der Waals surface area (Å²) < 4.78 is 0. The normalized spacial score (nSPS) is 59.0. The van der Waals surface area contributed by atoms with Crippen molar-refractivity contribution >= 4 is 0 Å². The van der Waals surface area contributed by atoms with Crippen LogP contribution in [0.25, 0.3) is 0 Å². The minimum Gasteiger partial charge on any atom is -0.0622 e. The van der Waals surface area contributed by atoms with Crippen LogP contribution in [0.5, 0.6) is 0 Å². The van der Waals surface area contributed by atoms with Gasteiger partial charge >= 0.3 is 0 Å². The molecule has 102 valence electrons. The lowest BCUT2D eigenvalue weighted by molar-refractivity contribution is 0.0264. The van der Waals surface area contributed by atoms with Crippen LogP contribution in [0.1, 0.15) is 71.6 Å². The number of hydrogen-bond donors (Lipinski definition) is 0. The molecule has 7 unspecified atom stereocenters. The fraction of sp³-hybridized carbons (Fsp3) is 1.00. The van der Waals surface area contributed by atoms with Crippen molar-refractivity contribution in [3.8, 4) is 0 Å². The molecular formula is C18H30. The first-order valence-corrected chi connectivity index (χ1v) is 8.68. The molecule has 2 bridgehead atoms. The number of rotatable bonds is 1. The first-order chi connectivity index (χ1) is 8.68. The van der Waals surface area contributed by atoms with E-state index in [1.165, 1.54) is 0 Å². The summed E-state index contributed by atoms with van der Waals surface area (Å²) in [5.74, 6) is 6.62. The van der Waals surface area contributed by atoms with E-state index in [0.717, 1.165) is 40.9 Å². The topological polar surface area (TPSA) is 0 Å². The Balaban J connectivity index is 1.62. The second kappa shape index (κ2) is 4.00. The van der Waals surface area contributed by atoms with Crippen LogP contribution in [-0.2, 0) is 0 Å². The average molecular weight is 246 g/mol. The Morgan fingerprint density at radius 3 is 2.61 bits per heavy atom. The summed E-state index contributed by atoms with van der Waals surface area (Å²) in [5, 5.41) is 0. The van der Waals surface area contributed by atoms with Gasteiger partial charge in [0, 0.05) is 0 Å². The lowest BCUT2D eigenvalue weighted by Crippen LogP contribution is -2.39. The van der Waals surface area contributed by atoms with Crippen molar-refractivity contribution in [2.75, 3.05) is 0 Å². The summed E-state index contributed by atoms with van der Waals surface area (Å²) in [6, 6.07) is 0. The van der Waals surface area contributed by atoms with Gasteiger partial charge in [0.05, 0.1) is 0 Å². The molecule has 0 saturated heterocycles. The van der Waals surface area contributed by atoms with Crippen LogP contribution in [-0.4, -0.2) is 0 Å². The van der Waals surface area contributed by atoms with Crippen LogP contribution in [0.15, 0.2) is 0 Å². The Labute approximate surface area is 113 Å². The highest BCUT2D eigenvalue weighted by molar-refractivity contribution is 5.04. The van der Waals surface area contributed by atoms with Crippen LogP contribution in [0.2, 0.25) is 0 Å². The van der Waals surface area contributed by atoms with Crippen molar-refractivity contribution < 1.29 is 0 Å². The average Bonchev–Trinajstić information content (AvgIpc) is 3.03. The lowest BCUT2D eigenvalue weighted by atomic mass is 9.58. The van der Waals surface area contributed by atoms with Gasteiger partial charge in [0.15, 0.2) is 0 Å². The molecule has 4 saturated carbocycles. The molecule has 0 amide bonds. The summed E-state index contributed by atoms with van der Waals surface area (Å²) in [4.78, 5) is 0. The predicted molar refractivity (Wildman–Crippen MR) is 76.3 cm³/mol. The molecule has 0 spiro atoms. The lowest BCUT2D eigenvalue weighted by Gasteiger charge is -2.46. The Morgan fingerprint density at radius 2 is 1.72 bits per heavy atom. The quantitative estimate of drug-likeness (QED) is 0.591. The molecule has 4 rings (SSSR count).